The molecule has 1 aliphatic carbocycles. The van der Waals surface area contributed by atoms with Crippen LogP contribution in [0.4, 0.5) is 5.69 Å². The monoisotopic (exact) mass is 325 g/mol. The summed E-state index contributed by atoms with van der Waals surface area (Å²) in [6.45, 7) is 0. The van der Waals surface area contributed by atoms with E-state index in [0.717, 1.165) is 5.57 Å². The molecule has 0 spiro atoms. The minimum Gasteiger partial charge on any atom is -0.258 e. The van der Waals surface area contributed by atoms with Crippen LogP contribution in [0.1, 0.15) is 16.7 Å². The molecule has 4 rings (SSSR count). The van der Waals surface area contributed by atoms with Gasteiger partial charge in [-0.25, -0.2) is 0 Å². The maximum Gasteiger partial charge on any atom is 0.276 e. The van der Waals surface area contributed by atoms with Crippen molar-refractivity contribution in [2.75, 3.05) is 0 Å². The molecule has 0 saturated heterocycles. The number of benzene rings is 3. The van der Waals surface area contributed by atoms with Gasteiger partial charge >= 0.3 is 0 Å². The van der Waals surface area contributed by atoms with Crippen LogP contribution in [0.5, 0.6) is 0 Å². The lowest BCUT2D eigenvalue weighted by atomic mass is 10.0. The normalized spacial score (nSPS) is 12.1. The summed E-state index contributed by atoms with van der Waals surface area (Å²) in [6.07, 6.45) is 5.70. The first kappa shape index (κ1) is 15.1. The molecule has 3 heteroatoms. The van der Waals surface area contributed by atoms with Crippen LogP contribution in [-0.4, -0.2) is 4.92 Å². The molecule has 0 amide bonds. The van der Waals surface area contributed by atoms with E-state index in [1.165, 1.54) is 28.3 Å². The zero-order valence-electron chi connectivity index (χ0n) is 13.4. The SMILES string of the molecule is O=[N+]([O-])c1ccccc1/C=C\C=C1c2ccccc2-c2ccccc21. The summed E-state index contributed by atoms with van der Waals surface area (Å²) in [7, 11) is 0. The number of nitro groups is 1. The zero-order chi connectivity index (χ0) is 17.2. The molecule has 0 radical (unpaired) electrons. The first-order valence-electron chi connectivity index (χ1n) is 8.06. The number of para-hydroxylation sites is 1. The Bertz CT molecular complexity index is 984. The van der Waals surface area contributed by atoms with Gasteiger partial charge in [0, 0.05) is 6.07 Å². The molecule has 3 aromatic rings. The Labute approximate surface area is 145 Å². The quantitative estimate of drug-likeness (QED) is 0.357. The van der Waals surface area contributed by atoms with Gasteiger partial charge in [0.15, 0.2) is 0 Å². The Kier molecular flexibility index (Phi) is 3.75. The molecule has 0 aliphatic heterocycles. The van der Waals surface area contributed by atoms with Gasteiger partial charge in [-0.1, -0.05) is 72.8 Å². The Morgan fingerprint density at radius 3 is 1.84 bits per heavy atom. The summed E-state index contributed by atoms with van der Waals surface area (Å²) in [6, 6.07) is 23.4. The number of fused-ring (bicyclic) bond motifs is 3. The highest BCUT2D eigenvalue weighted by atomic mass is 16.6. The maximum atomic E-state index is 11.1. The van der Waals surface area contributed by atoms with Crippen LogP contribution in [0.3, 0.4) is 0 Å². The molecule has 0 saturated carbocycles. The van der Waals surface area contributed by atoms with E-state index in [-0.39, 0.29) is 10.6 Å². The molecule has 0 bridgehead atoms. The third kappa shape index (κ3) is 2.66. The van der Waals surface area contributed by atoms with E-state index in [1.807, 2.05) is 36.4 Å². The number of nitrogens with zero attached hydrogens (tertiary/aromatic N) is 1. The smallest absolute Gasteiger partial charge is 0.258 e. The van der Waals surface area contributed by atoms with E-state index in [4.69, 9.17) is 0 Å². The topological polar surface area (TPSA) is 43.1 Å². The van der Waals surface area contributed by atoms with Gasteiger partial charge in [-0.2, -0.15) is 0 Å². The number of allylic oxidation sites excluding steroid dienone is 2. The standard InChI is InChI=1S/C22H15NO2/c24-23(25)22-15-6-1-8-16(22)9-7-14-21-19-12-4-2-10-17(19)18-11-3-5-13-20(18)21/h1-15H/b9-7-. The third-order valence-corrected chi connectivity index (χ3v) is 4.40. The molecule has 3 aromatic carbocycles. The third-order valence-electron chi connectivity index (χ3n) is 4.40. The first-order valence-corrected chi connectivity index (χ1v) is 8.06. The van der Waals surface area contributed by atoms with Gasteiger partial charge in [0.2, 0.25) is 0 Å². The Morgan fingerprint density at radius 2 is 1.24 bits per heavy atom. The van der Waals surface area contributed by atoms with Crippen LogP contribution in [0.15, 0.2) is 84.9 Å². The lowest BCUT2D eigenvalue weighted by molar-refractivity contribution is -0.385. The molecule has 25 heavy (non-hydrogen) atoms. The zero-order valence-corrected chi connectivity index (χ0v) is 13.4. The van der Waals surface area contributed by atoms with Crippen LogP contribution in [0.25, 0.3) is 22.8 Å². The van der Waals surface area contributed by atoms with Gasteiger partial charge in [-0.15, -0.1) is 0 Å². The second kappa shape index (κ2) is 6.21. The van der Waals surface area contributed by atoms with E-state index >= 15 is 0 Å². The molecule has 0 N–H and O–H groups in total. The minimum absolute atomic E-state index is 0.115. The fraction of sp³-hybridized carbons (Fsp3) is 0. The average molecular weight is 325 g/mol. The van der Waals surface area contributed by atoms with Gasteiger partial charge in [0.05, 0.1) is 10.5 Å². The van der Waals surface area contributed by atoms with E-state index in [1.54, 1.807) is 24.3 Å². The number of hydrogen-bond acceptors (Lipinski definition) is 2. The highest BCUT2D eigenvalue weighted by Crippen LogP contribution is 2.43. The Balaban J connectivity index is 1.77. The molecule has 0 fully saturated rings. The second-order valence-corrected chi connectivity index (χ2v) is 5.85. The lowest BCUT2D eigenvalue weighted by Gasteiger charge is -2.00. The van der Waals surface area contributed by atoms with Crippen LogP contribution < -0.4 is 0 Å². The van der Waals surface area contributed by atoms with E-state index < -0.39 is 0 Å². The van der Waals surface area contributed by atoms with Crippen molar-refractivity contribution in [1.29, 1.82) is 0 Å². The number of hydrogen-bond donors (Lipinski definition) is 0. The number of nitro benzene ring substituents is 1. The fourth-order valence-corrected chi connectivity index (χ4v) is 3.27. The van der Waals surface area contributed by atoms with Crippen molar-refractivity contribution in [3.63, 3.8) is 0 Å². The first-order chi connectivity index (χ1) is 12.3. The fourth-order valence-electron chi connectivity index (χ4n) is 3.27. The van der Waals surface area contributed by atoms with Crippen molar-refractivity contribution in [1.82, 2.24) is 0 Å². The molecule has 0 aromatic heterocycles. The van der Waals surface area contributed by atoms with Crippen molar-refractivity contribution in [2.24, 2.45) is 0 Å². The maximum absolute atomic E-state index is 11.1. The van der Waals surface area contributed by atoms with Crippen LogP contribution >= 0.6 is 0 Å². The van der Waals surface area contributed by atoms with Gasteiger partial charge < -0.3 is 0 Å². The molecule has 1 aliphatic rings. The molecular formula is C22H15NO2. The summed E-state index contributed by atoms with van der Waals surface area (Å²) >= 11 is 0. The van der Waals surface area contributed by atoms with Crippen molar-refractivity contribution in [3.8, 4) is 11.1 Å². The summed E-state index contributed by atoms with van der Waals surface area (Å²) in [5, 5.41) is 11.1. The summed E-state index contributed by atoms with van der Waals surface area (Å²) in [4.78, 5) is 10.8. The second-order valence-electron chi connectivity index (χ2n) is 5.85. The number of rotatable bonds is 3. The van der Waals surface area contributed by atoms with Crippen molar-refractivity contribution >= 4 is 17.3 Å². The Hall–Kier alpha value is -3.46. The Morgan fingerprint density at radius 1 is 0.720 bits per heavy atom. The largest absolute Gasteiger partial charge is 0.276 e. The van der Waals surface area contributed by atoms with E-state index in [9.17, 15) is 10.1 Å². The van der Waals surface area contributed by atoms with E-state index in [2.05, 4.69) is 24.3 Å². The van der Waals surface area contributed by atoms with Crippen molar-refractivity contribution in [3.05, 3.63) is 112 Å². The van der Waals surface area contributed by atoms with Gasteiger partial charge in [0.25, 0.3) is 5.69 Å². The molecule has 0 heterocycles. The van der Waals surface area contributed by atoms with Gasteiger partial charge in [-0.05, 0) is 40.0 Å². The summed E-state index contributed by atoms with van der Waals surface area (Å²) < 4.78 is 0. The van der Waals surface area contributed by atoms with Crippen LogP contribution in [-0.2, 0) is 0 Å². The summed E-state index contributed by atoms with van der Waals surface area (Å²) in [5.74, 6) is 0. The summed E-state index contributed by atoms with van der Waals surface area (Å²) in [5.41, 5.74) is 6.69. The minimum atomic E-state index is -0.354. The van der Waals surface area contributed by atoms with Crippen LogP contribution in [0, 0.1) is 10.1 Å². The lowest BCUT2D eigenvalue weighted by Crippen LogP contribution is -1.90. The van der Waals surface area contributed by atoms with E-state index in [0.29, 0.717) is 5.56 Å². The molecule has 0 atom stereocenters. The molecule has 0 unspecified atom stereocenters. The van der Waals surface area contributed by atoms with Crippen molar-refractivity contribution in [2.45, 2.75) is 0 Å². The molecule has 3 nitrogen and oxygen atoms in total. The predicted molar refractivity (Wildman–Crippen MR) is 101 cm³/mol. The molecule has 120 valence electrons. The average Bonchev–Trinajstić information content (AvgIpc) is 2.96. The van der Waals surface area contributed by atoms with Crippen molar-refractivity contribution < 1.29 is 4.92 Å². The van der Waals surface area contributed by atoms with Gasteiger partial charge in [0.1, 0.15) is 0 Å². The van der Waals surface area contributed by atoms with Crippen LogP contribution in [0.2, 0.25) is 0 Å². The molecular weight excluding hydrogens is 310 g/mol. The van der Waals surface area contributed by atoms with Gasteiger partial charge in [-0.3, -0.25) is 10.1 Å². The highest BCUT2D eigenvalue weighted by Gasteiger charge is 2.21. The highest BCUT2D eigenvalue weighted by molar-refractivity contribution is 6.01. The predicted octanol–water partition coefficient (Wildman–Crippen LogP) is 5.72.